The van der Waals surface area contributed by atoms with Crippen LogP contribution in [0.1, 0.15) is 19.3 Å². The summed E-state index contributed by atoms with van der Waals surface area (Å²) < 4.78 is 0.632. The lowest BCUT2D eigenvalue weighted by molar-refractivity contribution is 0.139. The van der Waals surface area contributed by atoms with Crippen LogP contribution >= 0.6 is 34.2 Å². The first-order valence-corrected chi connectivity index (χ1v) is 4.84. The average molecular weight is 261 g/mol. The second kappa shape index (κ2) is 3.39. The maximum absolute atomic E-state index is 9.21. The zero-order chi connectivity index (χ0) is 6.85. The van der Waals surface area contributed by atoms with Crippen LogP contribution in [0.15, 0.2) is 0 Å². The molecule has 0 aromatic rings. The minimum absolute atomic E-state index is 0.0102. The quantitative estimate of drug-likeness (QED) is 0.521. The Bertz CT molecular complexity index is 99.1. The number of aliphatic hydroxyl groups is 1. The standard InChI is InChI=1S/C6H10ClIO/c7-5-2-1-4(8)3-6(5)9/h4-6,9H,1-3H2. The zero-order valence-corrected chi connectivity index (χ0v) is 7.97. The van der Waals surface area contributed by atoms with E-state index in [9.17, 15) is 5.11 Å². The van der Waals surface area contributed by atoms with Gasteiger partial charge in [-0.25, -0.2) is 0 Å². The third-order valence-electron chi connectivity index (χ3n) is 1.67. The highest BCUT2D eigenvalue weighted by molar-refractivity contribution is 14.1. The molecule has 1 N–H and O–H groups in total. The van der Waals surface area contributed by atoms with E-state index in [1.807, 2.05) is 0 Å². The highest BCUT2D eigenvalue weighted by Gasteiger charge is 2.25. The molecule has 3 heteroatoms. The summed E-state index contributed by atoms with van der Waals surface area (Å²) in [5.74, 6) is 0. The monoisotopic (exact) mass is 260 g/mol. The van der Waals surface area contributed by atoms with Crippen molar-refractivity contribution in [2.45, 2.75) is 34.7 Å². The van der Waals surface area contributed by atoms with Crippen molar-refractivity contribution in [2.75, 3.05) is 0 Å². The molecule has 3 atom stereocenters. The average Bonchev–Trinajstić information content (AvgIpc) is 1.80. The predicted octanol–water partition coefficient (Wildman–Crippen LogP) is 1.94. The van der Waals surface area contributed by atoms with Gasteiger partial charge in [0.15, 0.2) is 0 Å². The molecule has 0 bridgehead atoms. The van der Waals surface area contributed by atoms with Crippen molar-refractivity contribution in [2.24, 2.45) is 0 Å². The summed E-state index contributed by atoms with van der Waals surface area (Å²) in [6.07, 6.45) is 2.74. The molecule has 1 nitrogen and oxygen atoms in total. The molecule has 3 unspecified atom stereocenters. The number of hydrogen-bond donors (Lipinski definition) is 1. The van der Waals surface area contributed by atoms with Crippen LogP contribution in [0.3, 0.4) is 0 Å². The smallest absolute Gasteiger partial charge is 0.0713 e. The summed E-state index contributed by atoms with van der Waals surface area (Å²) in [7, 11) is 0. The van der Waals surface area contributed by atoms with Gasteiger partial charge in [-0.2, -0.15) is 0 Å². The number of alkyl halides is 2. The molecule has 1 fully saturated rings. The molecular weight excluding hydrogens is 250 g/mol. The van der Waals surface area contributed by atoms with Crippen LogP contribution in [0, 0.1) is 0 Å². The molecule has 1 rings (SSSR count). The minimum Gasteiger partial charge on any atom is -0.392 e. The minimum atomic E-state index is -0.262. The summed E-state index contributed by atoms with van der Waals surface area (Å²) >= 11 is 8.14. The third kappa shape index (κ3) is 2.24. The topological polar surface area (TPSA) is 20.2 Å². The van der Waals surface area contributed by atoms with Crippen molar-refractivity contribution in [3.05, 3.63) is 0 Å². The first-order chi connectivity index (χ1) is 4.20. The van der Waals surface area contributed by atoms with Crippen LogP contribution in [0.5, 0.6) is 0 Å². The zero-order valence-electron chi connectivity index (χ0n) is 5.06. The Balaban J connectivity index is 2.35. The second-order valence-electron chi connectivity index (χ2n) is 2.49. The van der Waals surface area contributed by atoms with E-state index >= 15 is 0 Å². The van der Waals surface area contributed by atoms with Crippen LogP contribution in [0.25, 0.3) is 0 Å². The van der Waals surface area contributed by atoms with Crippen molar-refractivity contribution in [3.8, 4) is 0 Å². The molecule has 0 saturated heterocycles. The van der Waals surface area contributed by atoms with Crippen molar-refractivity contribution in [3.63, 3.8) is 0 Å². The van der Waals surface area contributed by atoms with Gasteiger partial charge < -0.3 is 5.11 Å². The van der Waals surface area contributed by atoms with Crippen molar-refractivity contribution < 1.29 is 5.11 Å². The fourth-order valence-corrected chi connectivity index (χ4v) is 2.17. The molecule has 1 saturated carbocycles. The predicted molar refractivity (Wildman–Crippen MR) is 47.3 cm³/mol. The van der Waals surface area contributed by atoms with E-state index in [1.165, 1.54) is 0 Å². The molecule has 0 spiro atoms. The number of aliphatic hydroxyl groups excluding tert-OH is 1. The molecular formula is C6H10ClIO. The summed E-state index contributed by atoms with van der Waals surface area (Å²) in [4.78, 5) is 0. The number of hydrogen-bond acceptors (Lipinski definition) is 1. The van der Waals surface area contributed by atoms with Gasteiger partial charge in [0.25, 0.3) is 0 Å². The van der Waals surface area contributed by atoms with Gasteiger partial charge >= 0.3 is 0 Å². The van der Waals surface area contributed by atoms with Gasteiger partial charge in [0, 0.05) is 3.92 Å². The lowest BCUT2D eigenvalue weighted by atomic mass is 9.97. The third-order valence-corrected chi connectivity index (χ3v) is 3.31. The van der Waals surface area contributed by atoms with E-state index in [0.717, 1.165) is 19.3 Å². The molecule has 0 aliphatic heterocycles. The van der Waals surface area contributed by atoms with Gasteiger partial charge in [-0.15, -0.1) is 11.6 Å². The highest BCUT2D eigenvalue weighted by atomic mass is 127. The largest absolute Gasteiger partial charge is 0.392 e. The van der Waals surface area contributed by atoms with E-state index in [1.54, 1.807) is 0 Å². The molecule has 54 valence electrons. The van der Waals surface area contributed by atoms with Gasteiger partial charge in [0.05, 0.1) is 11.5 Å². The molecule has 1 aliphatic rings. The molecule has 0 amide bonds. The van der Waals surface area contributed by atoms with Gasteiger partial charge in [-0.3, -0.25) is 0 Å². The second-order valence-corrected chi connectivity index (χ2v) is 4.82. The maximum atomic E-state index is 9.21. The Morgan fingerprint density at radius 3 is 2.56 bits per heavy atom. The van der Waals surface area contributed by atoms with E-state index in [4.69, 9.17) is 11.6 Å². The Morgan fingerprint density at radius 1 is 1.44 bits per heavy atom. The molecule has 0 radical (unpaired) electrons. The van der Waals surface area contributed by atoms with Crippen LogP contribution in [-0.2, 0) is 0 Å². The number of rotatable bonds is 0. The first-order valence-electron chi connectivity index (χ1n) is 3.16. The highest BCUT2D eigenvalue weighted by Crippen LogP contribution is 2.27. The Hall–Kier alpha value is 0.980. The summed E-state index contributed by atoms with van der Waals surface area (Å²) in [5.41, 5.74) is 0. The van der Waals surface area contributed by atoms with Gasteiger partial charge in [0.2, 0.25) is 0 Å². The summed E-state index contributed by atoms with van der Waals surface area (Å²) in [6, 6.07) is 0. The molecule has 0 heterocycles. The first kappa shape index (κ1) is 8.08. The lowest BCUT2D eigenvalue weighted by Crippen LogP contribution is -2.29. The Morgan fingerprint density at radius 2 is 2.11 bits per heavy atom. The van der Waals surface area contributed by atoms with E-state index in [0.29, 0.717) is 3.92 Å². The van der Waals surface area contributed by atoms with Gasteiger partial charge in [0.1, 0.15) is 0 Å². The lowest BCUT2D eigenvalue weighted by Gasteiger charge is -2.25. The summed E-state index contributed by atoms with van der Waals surface area (Å²) in [5, 5.41) is 9.22. The van der Waals surface area contributed by atoms with Crippen LogP contribution in [-0.4, -0.2) is 20.5 Å². The SMILES string of the molecule is OC1CC(I)CCC1Cl. The fraction of sp³-hybridized carbons (Fsp3) is 1.00. The Labute approximate surface area is 73.9 Å². The molecule has 9 heavy (non-hydrogen) atoms. The van der Waals surface area contributed by atoms with Crippen LogP contribution < -0.4 is 0 Å². The van der Waals surface area contributed by atoms with Gasteiger partial charge in [-0.05, 0) is 19.3 Å². The summed E-state index contributed by atoms with van der Waals surface area (Å²) in [6.45, 7) is 0. The van der Waals surface area contributed by atoms with Crippen LogP contribution in [0.2, 0.25) is 0 Å². The molecule has 0 aromatic carbocycles. The van der Waals surface area contributed by atoms with E-state index in [2.05, 4.69) is 22.6 Å². The van der Waals surface area contributed by atoms with Crippen LogP contribution in [0.4, 0.5) is 0 Å². The van der Waals surface area contributed by atoms with E-state index < -0.39 is 0 Å². The molecule has 0 aromatic heterocycles. The van der Waals surface area contributed by atoms with Crippen molar-refractivity contribution in [1.29, 1.82) is 0 Å². The number of halogens is 2. The van der Waals surface area contributed by atoms with Crippen molar-refractivity contribution >= 4 is 34.2 Å². The fourth-order valence-electron chi connectivity index (χ4n) is 1.06. The maximum Gasteiger partial charge on any atom is 0.0713 e. The van der Waals surface area contributed by atoms with E-state index in [-0.39, 0.29) is 11.5 Å². The molecule has 1 aliphatic carbocycles. The normalized spacial score (nSPS) is 45.0. The Kier molecular flexibility index (Phi) is 3.05. The van der Waals surface area contributed by atoms with Crippen molar-refractivity contribution in [1.82, 2.24) is 0 Å². The van der Waals surface area contributed by atoms with Gasteiger partial charge in [-0.1, -0.05) is 22.6 Å².